The molecule has 0 spiro atoms. The van der Waals surface area contributed by atoms with E-state index in [1.165, 1.54) is 18.7 Å². The Morgan fingerprint density at radius 1 is 0.667 bits per heavy atom. The molecule has 4 N–H and O–H groups in total. The summed E-state index contributed by atoms with van der Waals surface area (Å²) < 4.78 is 0. The second-order valence-corrected chi connectivity index (χ2v) is 4.12. The van der Waals surface area contributed by atoms with Gasteiger partial charge in [-0.1, -0.05) is 0 Å². The molecular weight excluding hydrogens is 308 g/mol. The summed E-state index contributed by atoms with van der Waals surface area (Å²) >= 11 is 0. The predicted molar refractivity (Wildman–Crippen MR) is 87.5 cm³/mol. The van der Waals surface area contributed by atoms with Gasteiger partial charge in [0, 0.05) is 37.2 Å². The van der Waals surface area contributed by atoms with Gasteiger partial charge in [0.1, 0.15) is 6.33 Å². The molecule has 0 bridgehead atoms. The average Bonchev–Trinajstić information content (AvgIpc) is 2.65. The zero-order chi connectivity index (χ0) is 17.6. The Bertz CT molecular complexity index is 647. The zero-order valence-corrected chi connectivity index (χ0v) is 12.7. The number of hydrogen-bond donors (Lipinski definition) is 2. The third-order valence-corrected chi connectivity index (χ3v) is 2.37. The number of nitrogens with zero attached hydrogens (tertiary/aromatic N) is 4. The van der Waals surface area contributed by atoms with Crippen LogP contribution in [0.5, 0.6) is 0 Å². The van der Waals surface area contributed by atoms with Crippen molar-refractivity contribution in [1.29, 1.82) is 0 Å². The number of nitrogens with two attached hydrogens (primary N) is 2. The van der Waals surface area contributed by atoms with E-state index in [4.69, 9.17) is 11.5 Å². The highest BCUT2D eigenvalue weighted by atomic mass is 16.1. The maximum atomic E-state index is 10.4. The molecule has 8 heteroatoms. The molecule has 8 nitrogen and oxygen atoms in total. The summed E-state index contributed by atoms with van der Waals surface area (Å²) in [6, 6.07) is 8.35. The van der Waals surface area contributed by atoms with Gasteiger partial charge in [0.2, 0.25) is 11.8 Å². The van der Waals surface area contributed by atoms with E-state index in [9.17, 15) is 9.59 Å². The highest BCUT2D eigenvalue weighted by Gasteiger charge is 1.95. The summed E-state index contributed by atoms with van der Waals surface area (Å²) in [7, 11) is 0. The van der Waals surface area contributed by atoms with Gasteiger partial charge in [0.05, 0.1) is 11.1 Å². The number of rotatable bonds is 2. The van der Waals surface area contributed by atoms with Crippen molar-refractivity contribution in [3.05, 3.63) is 85.0 Å². The molecule has 3 heterocycles. The number of carbonyl (C=O) groups excluding carboxylic acids is 2. The van der Waals surface area contributed by atoms with Gasteiger partial charge in [-0.15, -0.1) is 0 Å². The lowest BCUT2D eigenvalue weighted by atomic mass is 10.3. The summed E-state index contributed by atoms with van der Waals surface area (Å²) in [5.41, 5.74) is 10.8. The lowest BCUT2D eigenvalue weighted by Crippen LogP contribution is -2.10. The van der Waals surface area contributed by atoms with Crippen molar-refractivity contribution < 1.29 is 9.59 Å². The van der Waals surface area contributed by atoms with Gasteiger partial charge in [0.15, 0.2) is 0 Å². The van der Waals surface area contributed by atoms with Gasteiger partial charge in [-0.05, 0) is 30.3 Å². The number of carbonyl (C=O) groups is 2. The Hall–Kier alpha value is -3.68. The first-order chi connectivity index (χ1) is 11.6. The largest absolute Gasteiger partial charge is 0.366 e. The molecule has 0 atom stereocenters. The van der Waals surface area contributed by atoms with Gasteiger partial charge >= 0.3 is 0 Å². The minimum atomic E-state index is -0.442. The fourth-order valence-corrected chi connectivity index (χ4v) is 1.27. The van der Waals surface area contributed by atoms with Crippen LogP contribution in [0.1, 0.15) is 20.7 Å². The van der Waals surface area contributed by atoms with Crippen molar-refractivity contribution in [2.75, 3.05) is 0 Å². The molecule has 24 heavy (non-hydrogen) atoms. The maximum absolute atomic E-state index is 10.4. The first kappa shape index (κ1) is 18.4. The highest BCUT2D eigenvalue weighted by molar-refractivity contribution is 5.92. The van der Waals surface area contributed by atoms with Crippen LogP contribution in [0, 0.1) is 0 Å². The monoisotopic (exact) mass is 324 g/mol. The van der Waals surface area contributed by atoms with Gasteiger partial charge in [0.25, 0.3) is 0 Å². The van der Waals surface area contributed by atoms with Crippen LogP contribution >= 0.6 is 0 Å². The summed E-state index contributed by atoms with van der Waals surface area (Å²) in [5.74, 6) is -0.883. The minimum Gasteiger partial charge on any atom is -0.366 e. The van der Waals surface area contributed by atoms with E-state index in [1.54, 1.807) is 55.1 Å². The van der Waals surface area contributed by atoms with Crippen molar-refractivity contribution in [1.82, 2.24) is 19.9 Å². The molecule has 0 saturated heterocycles. The van der Waals surface area contributed by atoms with Crippen LogP contribution in [0.3, 0.4) is 0 Å². The van der Waals surface area contributed by atoms with Gasteiger partial charge < -0.3 is 11.5 Å². The first-order valence-electron chi connectivity index (χ1n) is 6.71. The molecule has 0 aliphatic heterocycles. The van der Waals surface area contributed by atoms with Gasteiger partial charge in [-0.2, -0.15) is 0 Å². The van der Waals surface area contributed by atoms with Gasteiger partial charge in [-0.25, -0.2) is 9.97 Å². The van der Waals surface area contributed by atoms with Crippen LogP contribution in [-0.2, 0) is 0 Å². The summed E-state index contributed by atoms with van der Waals surface area (Å²) in [4.78, 5) is 35.5. The molecule has 0 aliphatic carbocycles. The van der Waals surface area contributed by atoms with Gasteiger partial charge in [-0.3, -0.25) is 19.6 Å². The van der Waals surface area contributed by atoms with Crippen LogP contribution in [0.15, 0.2) is 73.8 Å². The van der Waals surface area contributed by atoms with Crippen LogP contribution in [0.25, 0.3) is 0 Å². The van der Waals surface area contributed by atoms with Crippen LogP contribution in [-0.4, -0.2) is 31.8 Å². The third kappa shape index (κ3) is 7.93. The van der Waals surface area contributed by atoms with Crippen molar-refractivity contribution in [3.63, 3.8) is 0 Å². The molecule has 122 valence electrons. The predicted octanol–water partition coefficient (Wildman–Crippen LogP) is 0.838. The van der Waals surface area contributed by atoms with E-state index in [2.05, 4.69) is 19.9 Å². The number of aromatic nitrogens is 4. The lowest BCUT2D eigenvalue weighted by Gasteiger charge is -1.88. The van der Waals surface area contributed by atoms with E-state index in [0.29, 0.717) is 11.1 Å². The molecule has 0 saturated carbocycles. The molecule has 2 amide bonds. The Morgan fingerprint density at radius 3 is 1.25 bits per heavy atom. The SMILES string of the molecule is NC(=O)c1cccnc1.NC(=O)c1cccnc1.c1cncnc1. The van der Waals surface area contributed by atoms with E-state index < -0.39 is 11.8 Å². The van der Waals surface area contributed by atoms with Crippen LogP contribution < -0.4 is 11.5 Å². The molecule has 0 fully saturated rings. The smallest absolute Gasteiger partial charge is 0.250 e. The highest BCUT2D eigenvalue weighted by Crippen LogP contribution is 1.92. The zero-order valence-electron chi connectivity index (χ0n) is 12.7. The summed E-state index contributed by atoms with van der Waals surface area (Å²) in [5, 5.41) is 0. The fraction of sp³-hybridized carbons (Fsp3) is 0. The normalized spacial score (nSPS) is 8.67. The molecular formula is C16H16N6O2. The average molecular weight is 324 g/mol. The maximum Gasteiger partial charge on any atom is 0.250 e. The fourth-order valence-electron chi connectivity index (χ4n) is 1.27. The van der Waals surface area contributed by atoms with Crippen molar-refractivity contribution >= 4 is 11.8 Å². The molecule has 3 rings (SSSR count). The Labute approximate surface area is 138 Å². The Kier molecular flexibility index (Phi) is 8.39. The standard InChI is InChI=1S/2C6H6N2O.C4H4N2/c2*7-6(9)5-2-1-3-8-4-5;1-2-5-4-6-3-1/h2*1-4H,(H2,7,9);1-4H. The molecule has 0 radical (unpaired) electrons. The van der Waals surface area contributed by atoms with E-state index in [-0.39, 0.29) is 0 Å². The summed E-state index contributed by atoms with van der Waals surface area (Å²) in [6.45, 7) is 0. The Morgan fingerprint density at radius 2 is 1.08 bits per heavy atom. The van der Waals surface area contributed by atoms with Crippen LogP contribution in [0.4, 0.5) is 0 Å². The second-order valence-electron chi connectivity index (χ2n) is 4.12. The molecule has 0 aromatic carbocycles. The first-order valence-corrected chi connectivity index (χ1v) is 6.71. The minimum absolute atomic E-state index is 0.442. The van der Waals surface area contributed by atoms with Crippen molar-refractivity contribution in [2.45, 2.75) is 0 Å². The van der Waals surface area contributed by atoms with E-state index >= 15 is 0 Å². The number of pyridine rings is 2. The number of amides is 2. The number of primary amides is 2. The quantitative estimate of drug-likeness (QED) is 0.716. The molecule has 0 unspecified atom stereocenters. The summed E-state index contributed by atoms with van der Waals surface area (Å²) in [6.07, 6.45) is 10.9. The van der Waals surface area contributed by atoms with Crippen molar-refractivity contribution in [3.8, 4) is 0 Å². The van der Waals surface area contributed by atoms with E-state index in [0.717, 1.165) is 0 Å². The molecule has 0 aliphatic rings. The lowest BCUT2D eigenvalue weighted by molar-refractivity contribution is 0.0991. The molecule has 3 aromatic rings. The third-order valence-electron chi connectivity index (χ3n) is 2.37. The van der Waals surface area contributed by atoms with Crippen LogP contribution in [0.2, 0.25) is 0 Å². The van der Waals surface area contributed by atoms with Crippen molar-refractivity contribution in [2.24, 2.45) is 11.5 Å². The topological polar surface area (TPSA) is 138 Å². The number of hydrogen-bond acceptors (Lipinski definition) is 6. The molecule has 3 aromatic heterocycles. The second kappa shape index (κ2) is 11.0. The van der Waals surface area contributed by atoms with E-state index in [1.807, 2.05) is 0 Å². The Balaban J connectivity index is 0.000000184.